The lowest BCUT2D eigenvalue weighted by atomic mass is 10.1. The fourth-order valence-corrected chi connectivity index (χ4v) is 1.73. The van der Waals surface area contributed by atoms with E-state index in [-0.39, 0.29) is 24.2 Å². The summed E-state index contributed by atoms with van der Waals surface area (Å²) in [6.45, 7) is 4.92. The second kappa shape index (κ2) is 8.07. The van der Waals surface area contributed by atoms with Crippen molar-refractivity contribution in [3.8, 4) is 0 Å². The number of nitrogens with one attached hydrogen (secondary N) is 2. The van der Waals surface area contributed by atoms with E-state index < -0.39 is 11.7 Å². The monoisotopic (exact) mass is 305 g/mol. The van der Waals surface area contributed by atoms with Crippen LogP contribution in [-0.2, 0) is 6.18 Å². The maximum absolute atomic E-state index is 12.9. The maximum atomic E-state index is 12.9. The van der Waals surface area contributed by atoms with Gasteiger partial charge in [0.2, 0.25) is 0 Å². The molecule has 0 saturated carbocycles. The average molecular weight is 305 g/mol. The van der Waals surface area contributed by atoms with Crippen LogP contribution in [0.2, 0.25) is 0 Å². The molecule has 1 aromatic heterocycles. The van der Waals surface area contributed by atoms with Gasteiger partial charge in [0.15, 0.2) is 0 Å². The maximum Gasteiger partial charge on any atom is 0.416 e. The second-order valence-electron chi connectivity index (χ2n) is 5.05. The number of anilines is 2. The summed E-state index contributed by atoms with van der Waals surface area (Å²) in [7, 11) is 0. The highest BCUT2D eigenvalue weighted by molar-refractivity contribution is 5.49. The molecule has 1 heterocycles. The Kier molecular flexibility index (Phi) is 6.74. The largest absolute Gasteiger partial charge is 0.416 e. The first-order valence-corrected chi connectivity index (χ1v) is 7.04. The number of aliphatic hydroxyl groups is 1. The lowest BCUT2D eigenvalue weighted by molar-refractivity contribution is -0.137. The van der Waals surface area contributed by atoms with Crippen LogP contribution in [0.3, 0.4) is 0 Å². The van der Waals surface area contributed by atoms with Crippen molar-refractivity contribution in [2.24, 2.45) is 5.92 Å². The first-order valence-electron chi connectivity index (χ1n) is 7.04. The number of hydrogen-bond acceptors (Lipinski definition) is 4. The first-order chi connectivity index (χ1) is 9.86. The molecule has 1 unspecified atom stereocenters. The van der Waals surface area contributed by atoms with Crippen molar-refractivity contribution in [1.82, 2.24) is 4.98 Å². The third-order valence-corrected chi connectivity index (χ3v) is 2.96. The van der Waals surface area contributed by atoms with Gasteiger partial charge in [-0.3, -0.25) is 0 Å². The van der Waals surface area contributed by atoms with E-state index in [2.05, 4.69) is 15.6 Å². The first kappa shape index (κ1) is 17.6. The Hall–Kier alpha value is -1.50. The number of alkyl halides is 3. The Morgan fingerprint density at radius 1 is 1.24 bits per heavy atom. The highest BCUT2D eigenvalue weighted by Crippen LogP contribution is 2.32. The van der Waals surface area contributed by atoms with Gasteiger partial charge >= 0.3 is 6.18 Å². The minimum Gasteiger partial charge on any atom is -0.396 e. The zero-order valence-electron chi connectivity index (χ0n) is 12.3. The molecule has 4 nitrogen and oxygen atoms in total. The van der Waals surface area contributed by atoms with Gasteiger partial charge in [-0.25, -0.2) is 4.98 Å². The molecule has 0 bridgehead atoms. The van der Waals surface area contributed by atoms with Crippen LogP contribution in [0.25, 0.3) is 0 Å². The molecule has 0 spiro atoms. The van der Waals surface area contributed by atoms with Crippen LogP contribution in [0.5, 0.6) is 0 Å². The molecule has 3 N–H and O–H groups in total. The zero-order valence-corrected chi connectivity index (χ0v) is 12.3. The summed E-state index contributed by atoms with van der Waals surface area (Å²) in [4.78, 5) is 4.13. The number of aromatic nitrogens is 1. The van der Waals surface area contributed by atoms with E-state index in [1.165, 1.54) is 0 Å². The summed E-state index contributed by atoms with van der Waals surface area (Å²) in [6.07, 6.45) is -3.01. The normalized spacial score (nSPS) is 13.0. The van der Waals surface area contributed by atoms with Gasteiger partial charge < -0.3 is 15.7 Å². The molecule has 0 fully saturated rings. The van der Waals surface area contributed by atoms with E-state index in [4.69, 9.17) is 5.11 Å². The molecule has 120 valence electrons. The molecule has 1 rings (SSSR count). The van der Waals surface area contributed by atoms with Crippen molar-refractivity contribution in [1.29, 1.82) is 0 Å². The van der Waals surface area contributed by atoms with E-state index in [9.17, 15) is 13.2 Å². The smallest absolute Gasteiger partial charge is 0.396 e. The van der Waals surface area contributed by atoms with Crippen molar-refractivity contribution in [3.63, 3.8) is 0 Å². The molecule has 21 heavy (non-hydrogen) atoms. The fourth-order valence-electron chi connectivity index (χ4n) is 1.73. The van der Waals surface area contributed by atoms with Gasteiger partial charge in [0.05, 0.1) is 5.56 Å². The number of nitrogens with zero attached hydrogens (tertiary/aromatic N) is 1. The Morgan fingerprint density at radius 2 is 1.86 bits per heavy atom. The van der Waals surface area contributed by atoms with Crippen LogP contribution < -0.4 is 10.6 Å². The van der Waals surface area contributed by atoms with Gasteiger partial charge in [-0.2, -0.15) is 13.2 Å². The summed E-state index contributed by atoms with van der Waals surface area (Å²) < 4.78 is 38.6. The van der Waals surface area contributed by atoms with Crippen molar-refractivity contribution in [2.45, 2.75) is 32.9 Å². The quantitative estimate of drug-likeness (QED) is 0.689. The second-order valence-corrected chi connectivity index (χ2v) is 5.05. The predicted molar refractivity (Wildman–Crippen MR) is 77.4 cm³/mol. The van der Waals surface area contributed by atoms with Crippen molar-refractivity contribution in [2.75, 3.05) is 30.3 Å². The molecule has 1 aromatic rings. The molecule has 0 aliphatic rings. The molecule has 0 saturated heterocycles. The lowest BCUT2D eigenvalue weighted by Gasteiger charge is -2.15. The third-order valence-electron chi connectivity index (χ3n) is 2.96. The SMILES string of the molecule is CCCNc1cc(C(F)(F)F)cc(NCC(C)CCO)n1. The predicted octanol–water partition coefficient (Wildman–Crippen LogP) is 3.35. The summed E-state index contributed by atoms with van der Waals surface area (Å²) in [6, 6.07) is 2.01. The standard InChI is InChI=1S/C14H22F3N3O/c1-3-5-18-12-7-11(14(15,16)17)8-13(20-12)19-9-10(2)4-6-21/h7-8,10,21H,3-6,9H2,1-2H3,(H2,18,19,20). The molecule has 0 amide bonds. The molecule has 1 atom stereocenters. The van der Waals surface area contributed by atoms with Crippen molar-refractivity contribution in [3.05, 3.63) is 17.7 Å². The van der Waals surface area contributed by atoms with E-state index in [0.29, 0.717) is 19.5 Å². The van der Waals surface area contributed by atoms with Crippen LogP contribution in [0.15, 0.2) is 12.1 Å². The third kappa shape index (κ3) is 6.20. The minimum atomic E-state index is -4.40. The topological polar surface area (TPSA) is 57.2 Å². The molecular formula is C14H22F3N3O. The van der Waals surface area contributed by atoms with Crippen LogP contribution in [0.1, 0.15) is 32.3 Å². The van der Waals surface area contributed by atoms with E-state index in [0.717, 1.165) is 18.6 Å². The molecule has 7 heteroatoms. The summed E-state index contributed by atoms with van der Waals surface area (Å²) in [5, 5.41) is 14.6. The van der Waals surface area contributed by atoms with E-state index >= 15 is 0 Å². The molecule has 0 aliphatic carbocycles. The highest BCUT2D eigenvalue weighted by Gasteiger charge is 2.31. The Bertz CT molecular complexity index is 438. The number of hydrogen-bond donors (Lipinski definition) is 3. The number of rotatable bonds is 8. The number of halogens is 3. The van der Waals surface area contributed by atoms with Crippen LogP contribution in [0, 0.1) is 5.92 Å². The van der Waals surface area contributed by atoms with Gasteiger partial charge in [-0.1, -0.05) is 13.8 Å². The van der Waals surface area contributed by atoms with Gasteiger partial charge in [-0.05, 0) is 30.9 Å². The van der Waals surface area contributed by atoms with Gasteiger partial charge in [0.1, 0.15) is 11.6 Å². The minimum absolute atomic E-state index is 0.0577. The van der Waals surface area contributed by atoms with Crippen LogP contribution in [-0.4, -0.2) is 29.8 Å². The van der Waals surface area contributed by atoms with Crippen LogP contribution >= 0.6 is 0 Å². The summed E-state index contributed by atoms with van der Waals surface area (Å²) in [5.74, 6) is 0.551. The molecule has 0 radical (unpaired) electrons. The van der Waals surface area contributed by atoms with E-state index in [1.807, 2.05) is 13.8 Å². The number of pyridine rings is 1. The van der Waals surface area contributed by atoms with Crippen molar-refractivity contribution >= 4 is 11.6 Å². The fraction of sp³-hybridized carbons (Fsp3) is 0.643. The Labute approximate surface area is 122 Å². The van der Waals surface area contributed by atoms with E-state index in [1.54, 1.807) is 0 Å². The van der Waals surface area contributed by atoms with Crippen molar-refractivity contribution < 1.29 is 18.3 Å². The van der Waals surface area contributed by atoms with Crippen LogP contribution in [0.4, 0.5) is 24.8 Å². The molecular weight excluding hydrogens is 283 g/mol. The molecule has 0 aliphatic heterocycles. The summed E-state index contributed by atoms with van der Waals surface area (Å²) in [5.41, 5.74) is -0.728. The zero-order chi connectivity index (χ0) is 15.9. The van der Waals surface area contributed by atoms with Gasteiger partial charge in [0.25, 0.3) is 0 Å². The number of aliphatic hydroxyl groups excluding tert-OH is 1. The molecule has 0 aromatic carbocycles. The average Bonchev–Trinajstić information content (AvgIpc) is 2.42. The lowest BCUT2D eigenvalue weighted by Crippen LogP contribution is -2.15. The highest BCUT2D eigenvalue weighted by atomic mass is 19.4. The van der Waals surface area contributed by atoms with Gasteiger partial charge in [0, 0.05) is 19.7 Å². The summed E-state index contributed by atoms with van der Waals surface area (Å²) >= 11 is 0. The van der Waals surface area contributed by atoms with Gasteiger partial charge in [-0.15, -0.1) is 0 Å². The Morgan fingerprint density at radius 3 is 2.38 bits per heavy atom. The Balaban J connectivity index is 2.85.